The SMILES string of the molecule is Cc1ccc2cc(-n3nnc4cnc(N[C@@H]5CCN(C(=O)O)C5)nc43)ccc2n1. The minimum atomic E-state index is -0.908. The van der Waals surface area contributed by atoms with Gasteiger partial charge in [0, 0.05) is 30.2 Å². The highest BCUT2D eigenvalue weighted by molar-refractivity contribution is 5.82. The number of carboxylic acid groups (broad SMARTS) is 1. The number of nitrogens with one attached hydrogen (secondary N) is 1. The van der Waals surface area contributed by atoms with Gasteiger partial charge in [-0.25, -0.2) is 9.78 Å². The summed E-state index contributed by atoms with van der Waals surface area (Å²) in [6.07, 6.45) is 1.42. The van der Waals surface area contributed by atoms with E-state index in [2.05, 4.69) is 30.6 Å². The van der Waals surface area contributed by atoms with E-state index in [1.54, 1.807) is 10.9 Å². The van der Waals surface area contributed by atoms with E-state index in [4.69, 9.17) is 5.11 Å². The molecule has 1 fully saturated rings. The number of aromatic nitrogens is 6. The molecule has 10 nitrogen and oxygen atoms in total. The number of aryl methyl sites for hydroxylation is 1. The van der Waals surface area contributed by atoms with Crippen molar-refractivity contribution in [3.05, 3.63) is 42.2 Å². The van der Waals surface area contributed by atoms with Crippen molar-refractivity contribution in [2.45, 2.75) is 19.4 Å². The van der Waals surface area contributed by atoms with E-state index >= 15 is 0 Å². The summed E-state index contributed by atoms with van der Waals surface area (Å²) in [5, 5.41) is 21.7. The largest absolute Gasteiger partial charge is 0.465 e. The maximum absolute atomic E-state index is 11.1. The van der Waals surface area contributed by atoms with Crippen LogP contribution in [0.15, 0.2) is 36.5 Å². The predicted molar refractivity (Wildman–Crippen MR) is 106 cm³/mol. The molecule has 1 amide bonds. The summed E-state index contributed by atoms with van der Waals surface area (Å²) in [6.45, 7) is 2.87. The van der Waals surface area contributed by atoms with E-state index in [1.165, 1.54) is 4.90 Å². The van der Waals surface area contributed by atoms with Crippen molar-refractivity contribution in [3.63, 3.8) is 0 Å². The highest BCUT2D eigenvalue weighted by Gasteiger charge is 2.26. The van der Waals surface area contributed by atoms with Gasteiger partial charge in [0.15, 0.2) is 11.2 Å². The lowest BCUT2D eigenvalue weighted by Gasteiger charge is -2.13. The molecule has 1 atom stereocenters. The second-order valence-electron chi connectivity index (χ2n) is 7.09. The molecular weight excluding hydrogens is 372 g/mol. The van der Waals surface area contributed by atoms with Gasteiger partial charge in [0.1, 0.15) is 0 Å². The Hall–Kier alpha value is -3.82. The van der Waals surface area contributed by atoms with Crippen molar-refractivity contribution < 1.29 is 9.90 Å². The topological polar surface area (TPSA) is 122 Å². The lowest BCUT2D eigenvalue weighted by Crippen LogP contribution is -2.30. The lowest BCUT2D eigenvalue weighted by atomic mass is 10.2. The summed E-state index contributed by atoms with van der Waals surface area (Å²) in [5.74, 6) is 0.427. The third-order valence-electron chi connectivity index (χ3n) is 5.04. The normalized spacial score (nSPS) is 16.6. The van der Waals surface area contributed by atoms with E-state index in [9.17, 15) is 4.79 Å². The predicted octanol–water partition coefficient (Wildman–Crippen LogP) is 2.23. The molecular formula is C19H18N8O2. The van der Waals surface area contributed by atoms with Crippen molar-refractivity contribution in [2.24, 2.45) is 0 Å². The fourth-order valence-corrected chi connectivity index (χ4v) is 3.55. The molecule has 5 rings (SSSR count). The van der Waals surface area contributed by atoms with E-state index in [0.717, 1.165) is 22.3 Å². The van der Waals surface area contributed by atoms with E-state index in [1.807, 2.05) is 37.3 Å². The summed E-state index contributed by atoms with van der Waals surface area (Å²) in [5.41, 5.74) is 3.87. The van der Waals surface area contributed by atoms with E-state index in [0.29, 0.717) is 36.6 Å². The molecule has 3 aromatic heterocycles. The fourth-order valence-electron chi connectivity index (χ4n) is 3.55. The number of pyridine rings is 1. The summed E-state index contributed by atoms with van der Waals surface area (Å²) in [7, 11) is 0. The maximum atomic E-state index is 11.1. The zero-order valence-electron chi connectivity index (χ0n) is 15.6. The molecule has 29 heavy (non-hydrogen) atoms. The number of benzene rings is 1. The van der Waals surface area contributed by atoms with Crippen molar-refractivity contribution in [1.29, 1.82) is 0 Å². The van der Waals surface area contributed by atoms with Gasteiger partial charge in [-0.1, -0.05) is 11.3 Å². The summed E-state index contributed by atoms with van der Waals surface area (Å²) >= 11 is 0. The molecule has 4 heterocycles. The number of carbonyl (C=O) groups is 1. The Balaban J connectivity index is 1.47. The zero-order valence-corrected chi connectivity index (χ0v) is 15.6. The first kappa shape index (κ1) is 17.3. The molecule has 0 bridgehead atoms. The summed E-state index contributed by atoms with van der Waals surface area (Å²) < 4.78 is 1.67. The van der Waals surface area contributed by atoms with Crippen LogP contribution in [0.2, 0.25) is 0 Å². The van der Waals surface area contributed by atoms with E-state index < -0.39 is 6.09 Å². The number of nitrogens with zero attached hydrogens (tertiary/aromatic N) is 7. The van der Waals surface area contributed by atoms with Crippen molar-refractivity contribution in [1.82, 2.24) is 34.8 Å². The maximum Gasteiger partial charge on any atom is 0.407 e. The van der Waals surface area contributed by atoms with Crippen LogP contribution in [0, 0.1) is 6.92 Å². The molecule has 0 radical (unpaired) electrons. The molecule has 1 saturated heterocycles. The van der Waals surface area contributed by atoms with Crippen LogP contribution in [0.5, 0.6) is 0 Å². The highest BCUT2D eigenvalue weighted by Crippen LogP contribution is 2.21. The second kappa shape index (κ2) is 6.66. The number of likely N-dealkylation sites (tertiary alicyclic amines) is 1. The average Bonchev–Trinajstić information content (AvgIpc) is 3.34. The molecule has 2 N–H and O–H groups in total. The number of fused-ring (bicyclic) bond motifs is 2. The number of anilines is 1. The first-order valence-electron chi connectivity index (χ1n) is 9.27. The zero-order chi connectivity index (χ0) is 20.0. The molecule has 4 aromatic rings. The lowest BCUT2D eigenvalue weighted by molar-refractivity contribution is 0.155. The summed E-state index contributed by atoms with van der Waals surface area (Å²) in [4.78, 5) is 25.9. The minimum Gasteiger partial charge on any atom is -0.465 e. The molecule has 0 aliphatic carbocycles. The highest BCUT2D eigenvalue weighted by atomic mass is 16.4. The quantitative estimate of drug-likeness (QED) is 0.546. The number of hydrogen-bond acceptors (Lipinski definition) is 7. The van der Waals surface area contributed by atoms with Crippen molar-refractivity contribution in [3.8, 4) is 5.69 Å². The number of rotatable bonds is 3. The Morgan fingerprint density at radius 3 is 2.93 bits per heavy atom. The van der Waals surface area contributed by atoms with Gasteiger partial charge >= 0.3 is 6.09 Å². The van der Waals surface area contributed by atoms with Gasteiger partial charge in [0.25, 0.3) is 0 Å². The first-order chi connectivity index (χ1) is 14.1. The third kappa shape index (κ3) is 3.18. The molecule has 1 aromatic carbocycles. The molecule has 1 aliphatic heterocycles. The van der Waals surface area contributed by atoms with Crippen LogP contribution in [-0.2, 0) is 0 Å². The molecule has 0 saturated carbocycles. The van der Waals surface area contributed by atoms with Crippen molar-refractivity contribution >= 4 is 34.1 Å². The minimum absolute atomic E-state index is 0.0251. The molecule has 0 spiro atoms. The van der Waals surface area contributed by atoms with Gasteiger partial charge in [0.2, 0.25) is 5.95 Å². The average molecular weight is 390 g/mol. The monoisotopic (exact) mass is 390 g/mol. The van der Waals surface area contributed by atoms with Gasteiger partial charge in [-0.15, -0.1) is 5.10 Å². The van der Waals surface area contributed by atoms with Gasteiger partial charge < -0.3 is 15.3 Å². The fraction of sp³-hybridized carbons (Fsp3) is 0.263. The Bertz CT molecular complexity index is 1240. The second-order valence-corrected chi connectivity index (χ2v) is 7.09. The van der Waals surface area contributed by atoms with Crippen LogP contribution in [0.1, 0.15) is 12.1 Å². The standard InChI is InChI=1S/C19H18N8O2/c1-11-2-3-12-8-14(4-5-15(12)21-11)27-17-16(24-25-27)9-20-18(23-17)22-13-6-7-26(10-13)19(28)29/h2-5,8-9,13H,6-7,10H2,1H3,(H,28,29)(H,20,22,23)/t13-/m1/s1. The number of hydrogen-bond donors (Lipinski definition) is 2. The molecule has 10 heteroatoms. The van der Waals surface area contributed by atoms with Crippen LogP contribution < -0.4 is 5.32 Å². The third-order valence-corrected chi connectivity index (χ3v) is 5.04. The Labute approximate surface area is 165 Å². The van der Waals surface area contributed by atoms with Gasteiger partial charge in [-0.05, 0) is 37.6 Å². The Morgan fingerprint density at radius 1 is 1.21 bits per heavy atom. The molecule has 146 valence electrons. The van der Waals surface area contributed by atoms with Crippen LogP contribution in [-0.4, -0.2) is 65.2 Å². The van der Waals surface area contributed by atoms with E-state index in [-0.39, 0.29) is 6.04 Å². The first-order valence-corrected chi connectivity index (χ1v) is 9.27. The Kier molecular flexibility index (Phi) is 3.97. The summed E-state index contributed by atoms with van der Waals surface area (Å²) in [6, 6.07) is 9.84. The smallest absolute Gasteiger partial charge is 0.407 e. The van der Waals surface area contributed by atoms with Gasteiger partial charge in [0.05, 0.1) is 17.4 Å². The van der Waals surface area contributed by atoms with Crippen molar-refractivity contribution in [2.75, 3.05) is 18.4 Å². The van der Waals surface area contributed by atoms with Crippen LogP contribution >= 0.6 is 0 Å². The van der Waals surface area contributed by atoms with Crippen LogP contribution in [0.25, 0.3) is 27.8 Å². The Morgan fingerprint density at radius 2 is 2.10 bits per heavy atom. The van der Waals surface area contributed by atoms with Gasteiger partial charge in [-0.2, -0.15) is 9.67 Å². The number of amides is 1. The molecule has 1 aliphatic rings. The van der Waals surface area contributed by atoms with Gasteiger partial charge in [-0.3, -0.25) is 4.98 Å². The molecule has 0 unspecified atom stereocenters. The van der Waals surface area contributed by atoms with Crippen LogP contribution in [0.4, 0.5) is 10.7 Å². The van der Waals surface area contributed by atoms with Crippen LogP contribution in [0.3, 0.4) is 0 Å².